The van der Waals surface area contributed by atoms with E-state index in [1.807, 2.05) is 4.90 Å². The molecule has 2 aliphatic heterocycles. The van der Waals surface area contributed by atoms with Gasteiger partial charge in [-0.2, -0.15) is 0 Å². The minimum atomic E-state index is -0.280. The number of amides is 1. The first kappa shape index (κ1) is 19.6. The van der Waals surface area contributed by atoms with Gasteiger partial charge < -0.3 is 19.3 Å². The second-order valence-electron chi connectivity index (χ2n) is 8.30. The zero-order valence-electron chi connectivity index (χ0n) is 16.5. The third-order valence-electron chi connectivity index (χ3n) is 6.44. The molecule has 0 bridgehead atoms. The summed E-state index contributed by atoms with van der Waals surface area (Å²) in [6.45, 7) is 3.26. The van der Waals surface area contributed by atoms with E-state index in [2.05, 4.69) is 4.90 Å². The summed E-state index contributed by atoms with van der Waals surface area (Å²) in [6, 6.07) is 7.06. The van der Waals surface area contributed by atoms with Crippen LogP contribution in [0, 0.1) is 5.82 Å². The molecule has 0 radical (unpaired) electrons. The molecule has 3 fully saturated rings. The number of hydrogen-bond acceptors (Lipinski definition) is 4. The van der Waals surface area contributed by atoms with Crippen molar-refractivity contribution in [3.05, 3.63) is 30.1 Å². The fourth-order valence-corrected chi connectivity index (χ4v) is 4.83. The fourth-order valence-electron chi connectivity index (χ4n) is 4.83. The highest BCUT2D eigenvalue weighted by Gasteiger charge is 2.35. The van der Waals surface area contributed by atoms with Crippen LogP contribution in [0.3, 0.4) is 0 Å². The Labute approximate surface area is 166 Å². The van der Waals surface area contributed by atoms with Gasteiger partial charge in [0.05, 0.1) is 6.54 Å². The molecule has 1 saturated carbocycles. The Hall–Kier alpha value is -1.66. The Morgan fingerprint density at radius 1 is 1.00 bits per heavy atom. The van der Waals surface area contributed by atoms with E-state index in [9.17, 15) is 9.18 Å². The molecule has 1 atom stereocenters. The van der Waals surface area contributed by atoms with Crippen molar-refractivity contribution >= 4 is 5.91 Å². The lowest BCUT2D eigenvalue weighted by Crippen LogP contribution is -2.56. The molecule has 28 heavy (non-hydrogen) atoms. The third kappa shape index (κ3) is 4.84. The topological polar surface area (TPSA) is 42.0 Å². The average molecular weight is 390 g/mol. The van der Waals surface area contributed by atoms with Gasteiger partial charge in [-0.1, -0.05) is 19.3 Å². The van der Waals surface area contributed by atoms with Crippen LogP contribution in [0.25, 0.3) is 0 Å². The highest BCUT2D eigenvalue weighted by atomic mass is 19.1. The summed E-state index contributed by atoms with van der Waals surface area (Å²) in [5.41, 5.74) is 0. The first-order chi connectivity index (χ1) is 13.7. The van der Waals surface area contributed by atoms with Crippen molar-refractivity contribution in [2.24, 2.45) is 0 Å². The number of nitrogens with zero attached hydrogens (tertiary/aromatic N) is 2. The predicted molar refractivity (Wildman–Crippen MR) is 105 cm³/mol. The second kappa shape index (κ2) is 9.23. The average Bonchev–Trinajstić information content (AvgIpc) is 2.75. The van der Waals surface area contributed by atoms with Crippen LogP contribution in [0.4, 0.5) is 4.39 Å². The zero-order chi connectivity index (χ0) is 19.3. The molecule has 1 aliphatic carbocycles. The van der Waals surface area contributed by atoms with Gasteiger partial charge in [-0.25, -0.2) is 4.39 Å². The standard InChI is InChI=1S/C22H31FN2O3/c23-17-6-8-20(9-7-17)27-15-21-14-25(22(26)16-28-21)19-10-12-24(13-11-19)18-4-2-1-3-5-18/h6-9,18-19,21H,1-5,10-16H2. The van der Waals surface area contributed by atoms with E-state index in [4.69, 9.17) is 9.47 Å². The molecule has 4 rings (SSSR count). The van der Waals surface area contributed by atoms with Crippen LogP contribution in [-0.4, -0.2) is 66.7 Å². The highest BCUT2D eigenvalue weighted by molar-refractivity contribution is 5.78. The van der Waals surface area contributed by atoms with Crippen molar-refractivity contribution in [3.63, 3.8) is 0 Å². The minimum absolute atomic E-state index is 0.0918. The number of benzene rings is 1. The first-order valence-corrected chi connectivity index (χ1v) is 10.7. The minimum Gasteiger partial charge on any atom is -0.491 e. The highest BCUT2D eigenvalue weighted by Crippen LogP contribution is 2.27. The number of carbonyl (C=O) groups is 1. The zero-order valence-corrected chi connectivity index (χ0v) is 16.5. The van der Waals surface area contributed by atoms with Crippen molar-refractivity contribution in [3.8, 4) is 5.75 Å². The van der Waals surface area contributed by atoms with Crippen LogP contribution in [-0.2, 0) is 9.53 Å². The van der Waals surface area contributed by atoms with E-state index in [1.54, 1.807) is 12.1 Å². The molecular formula is C22H31FN2O3. The van der Waals surface area contributed by atoms with Crippen LogP contribution in [0.2, 0.25) is 0 Å². The number of rotatable bonds is 5. The fraction of sp³-hybridized carbons (Fsp3) is 0.682. The molecule has 1 unspecified atom stereocenters. The molecular weight excluding hydrogens is 359 g/mol. The number of hydrogen-bond donors (Lipinski definition) is 0. The van der Waals surface area contributed by atoms with E-state index in [0.29, 0.717) is 24.9 Å². The summed E-state index contributed by atoms with van der Waals surface area (Å²) in [6.07, 6.45) is 8.75. The Balaban J connectivity index is 1.26. The predicted octanol–water partition coefficient (Wildman–Crippen LogP) is 3.23. The van der Waals surface area contributed by atoms with Gasteiger partial charge >= 0.3 is 0 Å². The lowest BCUT2D eigenvalue weighted by molar-refractivity contribution is -0.155. The Kier molecular flexibility index (Phi) is 6.47. The molecule has 1 aromatic carbocycles. The summed E-state index contributed by atoms with van der Waals surface area (Å²) in [5.74, 6) is 0.431. The van der Waals surface area contributed by atoms with Crippen LogP contribution in [0.1, 0.15) is 44.9 Å². The van der Waals surface area contributed by atoms with Gasteiger partial charge in [-0.05, 0) is 49.9 Å². The van der Waals surface area contributed by atoms with E-state index in [0.717, 1.165) is 32.0 Å². The maximum absolute atomic E-state index is 13.0. The molecule has 2 saturated heterocycles. The smallest absolute Gasteiger partial charge is 0.248 e. The molecule has 154 valence electrons. The summed E-state index contributed by atoms with van der Waals surface area (Å²) >= 11 is 0. The summed E-state index contributed by atoms with van der Waals surface area (Å²) in [7, 11) is 0. The Morgan fingerprint density at radius 2 is 1.71 bits per heavy atom. The number of likely N-dealkylation sites (tertiary alicyclic amines) is 1. The number of piperidine rings is 1. The van der Waals surface area contributed by atoms with Crippen LogP contribution >= 0.6 is 0 Å². The normalized spacial score (nSPS) is 25.8. The van der Waals surface area contributed by atoms with Crippen molar-refractivity contribution in [2.75, 3.05) is 32.8 Å². The monoisotopic (exact) mass is 390 g/mol. The summed E-state index contributed by atoms with van der Waals surface area (Å²) in [4.78, 5) is 17.1. The van der Waals surface area contributed by atoms with E-state index in [-0.39, 0.29) is 24.4 Å². The largest absolute Gasteiger partial charge is 0.491 e. The van der Waals surface area contributed by atoms with Crippen molar-refractivity contribution in [2.45, 2.75) is 63.1 Å². The Morgan fingerprint density at radius 3 is 2.43 bits per heavy atom. The Bertz CT molecular complexity index is 640. The SMILES string of the molecule is O=C1COC(COc2ccc(F)cc2)CN1C1CCN(C2CCCCC2)CC1. The van der Waals surface area contributed by atoms with Crippen molar-refractivity contribution < 1.29 is 18.7 Å². The van der Waals surface area contributed by atoms with Crippen LogP contribution < -0.4 is 4.74 Å². The third-order valence-corrected chi connectivity index (χ3v) is 6.44. The molecule has 3 aliphatic rings. The van der Waals surface area contributed by atoms with Gasteiger partial charge in [0.2, 0.25) is 5.91 Å². The maximum Gasteiger partial charge on any atom is 0.248 e. The van der Waals surface area contributed by atoms with Gasteiger partial charge in [0.1, 0.15) is 30.9 Å². The molecule has 5 nitrogen and oxygen atoms in total. The van der Waals surface area contributed by atoms with Crippen molar-refractivity contribution in [1.82, 2.24) is 9.80 Å². The molecule has 1 aromatic rings. The van der Waals surface area contributed by atoms with Crippen LogP contribution in [0.5, 0.6) is 5.75 Å². The molecule has 0 aromatic heterocycles. The van der Waals surface area contributed by atoms with Crippen molar-refractivity contribution in [1.29, 1.82) is 0 Å². The maximum atomic E-state index is 13.0. The lowest BCUT2D eigenvalue weighted by Gasteiger charge is -2.44. The van der Waals surface area contributed by atoms with Gasteiger partial charge in [-0.15, -0.1) is 0 Å². The number of morpholine rings is 1. The van der Waals surface area contributed by atoms with E-state index in [1.165, 1.54) is 44.2 Å². The molecule has 6 heteroatoms. The molecule has 0 N–H and O–H groups in total. The molecule has 2 heterocycles. The van der Waals surface area contributed by atoms with Gasteiger partial charge in [0.25, 0.3) is 0 Å². The number of carbonyl (C=O) groups excluding carboxylic acids is 1. The lowest BCUT2D eigenvalue weighted by atomic mass is 9.91. The first-order valence-electron chi connectivity index (χ1n) is 10.7. The van der Waals surface area contributed by atoms with E-state index < -0.39 is 0 Å². The quantitative estimate of drug-likeness (QED) is 0.774. The summed E-state index contributed by atoms with van der Waals surface area (Å²) < 4.78 is 24.4. The summed E-state index contributed by atoms with van der Waals surface area (Å²) in [5, 5.41) is 0. The van der Waals surface area contributed by atoms with Gasteiger partial charge in [0, 0.05) is 25.2 Å². The van der Waals surface area contributed by atoms with Gasteiger partial charge in [-0.3, -0.25) is 4.79 Å². The van der Waals surface area contributed by atoms with Gasteiger partial charge in [0.15, 0.2) is 0 Å². The molecule has 0 spiro atoms. The number of halogens is 1. The number of ether oxygens (including phenoxy) is 2. The van der Waals surface area contributed by atoms with Crippen LogP contribution in [0.15, 0.2) is 24.3 Å². The second-order valence-corrected chi connectivity index (χ2v) is 8.30. The van der Waals surface area contributed by atoms with E-state index >= 15 is 0 Å². The molecule has 1 amide bonds.